The van der Waals surface area contributed by atoms with Gasteiger partial charge in [-0.3, -0.25) is 4.79 Å². The molecule has 0 radical (unpaired) electrons. The number of nitrogens with one attached hydrogen (secondary N) is 2. The summed E-state index contributed by atoms with van der Waals surface area (Å²) < 4.78 is 0. The Morgan fingerprint density at radius 3 is 2.50 bits per heavy atom. The Morgan fingerprint density at radius 2 is 1.95 bits per heavy atom. The second kappa shape index (κ2) is 8.79. The first kappa shape index (κ1) is 16.8. The SMILES string of the molecule is CC(C)N(CCCC(=O)O)C(=O)NCCCNC1CC1. The van der Waals surface area contributed by atoms with E-state index in [4.69, 9.17) is 5.11 Å². The molecule has 1 aliphatic rings. The number of amides is 2. The first-order chi connectivity index (χ1) is 9.50. The fourth-order valence-corrected chi connectivity index (χ4v) is 1.97. The summed E-state index contributed by atoms with van der Waals surface area (Å²) in [6, 6.07) is 0.680. The minimum atomic E-state index is -0.819. The third kappa shape index (κ3) is 7.33. The largest absolute Gasteiger partial charge is 0.481 e. The van der Waals surface area contributed by atoms with Crippen molar-refractivity contribution in [2.75, 3.05) is 19.6 Å². The van der Waals surface area contributed by atoms with E-state index in [9.17, 15) is 9.59 Å². The van der Waals surface area contributed by atoms with Gasteiger partial charge in [0.05, 0.1) is 0 Å². The van der Waals surface area contributed by atoms with Crippen molar-refractivity contribution in [1.82, 2.24) is 15.5 Å². The molecular formula is C14H27N3O3. The maximum atomic E-state index is 12.0. The lowest BCUT2D eigenvalue weighted by molar-refractivity contribution is -0.137. The van der Waals surface area contributed by atoms with Crippen LogP contribution in [-0.4, -0.2) is 53.7 Å². The molecule has 116 valence electrons. The molecule has 0 aromatic carbocycles. The zero-order chi connectivity index (χ0) is 15.0. The molecule has 0 saturated heterocycles. The average Bonchev–Trinajstić information content (AvgIpc) is 3.17. The van der Waals surface area contributed by atoms with Crippen molar-refractivity contribution in [2.45, 2.75) is 58.0 Å². The number of hydrogen-bond acceptors (Lipinski definition) is 3. The van der Waals surface area contributed by atoms with Crippen LogP contribution in [0.5, 0.6) is 0 Å². The summed E-state index contributed by atoms with van der Waals surface area (Å²) in [5.41, 5.74) is 0. The summed E-state index contributed by atoms with van der Waals surface area (Å²) in [7, 11) is 0. The van der Waals surface area contributed by atoms with E-state index in [2.05, 4.69) is 10.6 Å². The lowest BCUT2D eigenvalue weighted by atomic mass is 10.2. The fourth-order valence-electron chi connectivity index (χ4n) is 1.97. The van der Waals surface area contributed by atoms with Gasteiger partial charge in [0.15, 0.2) is 0 Å². The molecule has 0 spiro atoms. The van der Waals surface area contributed by atoms with Crippen LogP contribution in [0.15, 0.2) is 0 Å². The van der Waals surface area contributed by atoms with Gasteiger partial charge in [0.2, 0.25) is 0 Å². The van der Waals surface area contributed by atoms with E-state index in [0.717, 1.165) is 13.0 Å². The number of urea groups is 1. The highest BCUT2D eigenvalue weighted by Crippen LogP contribution is 2.18. The maximum absolute atomic E-state index is 12.0. The predicted molar refractivity (Wildman–Crippen MR) is 77.8 cm³/mol. The number of carboxylic acid groups (broad SMARTS) is 1. The van der Waals surface area contributed by atoms with Crippen molar-refractivity contribution in [2.24, 2.45) is 0 Å². The molecule has 0 heterocycles. The molecule has 0 aromatic rings. The van der Waals surface area contributed by atoms with E-state index in [0.29, 0.717) is 25.6 Å². The molecule has 2 amide bonds. The van der Waals surface area contributed by atoms with E-state index < -0.39 is 5.97 Å². The van der Waals surface area contributed by atoms with Gasteiger partial charge >= 0.3 is 12.0 Å². The van der Waals surface area contributed by atoms with Crippen LogP contribution in [0.25, 0.3) is 0 Å². The Hall–Kier alpha value is -1.30. The van der Waals surface area contributed by atoms with Gasteiger partial charge in [-0.05, 0) is 46.1 Å². The van der Waals surface area contributed by atoms with Gasteiger partial charge in [-0.25, -0.2) is 4.79 Å². The van der Waals surface area contributed by atoms with E-state index in [1.54, 1.807) is 4.90 Å². The number of carbonyl (C=O) groups is 2. The molecule has 3 N–H and O–H groups in total. The molecule has 1 saturated carbocycles. The number of nitrogens with zero attached hydrogens (tertiary/aromatic N) is 1. The molecule has 0 aromatic heterocycles. The molecule has 0 bridgehead atoms. The zero-order valence-electron chi connectivity index (χ0n) is 12.5. The molecule has 1 aliphatic carbocycles. The number of hydrogen-bond donors (Lipinski definition) is 3. The molecular weight excluding hydrogens is 258 g/mol. The summed E-state index contributed by atoms with van der Waals surface area (Å²) in [5, 5.41) is 14.9. The van der Waals surface area contributed by atoms with Crippen LogP contribution in [0.4, 0.5) is 4.79 Å². The van der Waals surface area contributed by atoms with Crippen molar-refractivity contribution in [3.63, 3.8) is 0 Å². The van der Waals surface area contributed by atoms with Crippen LogP contribution >= 0.6 is 0 Å². The standard InChI is InChI=1S/C14H27N3O3/c1-11(2)17(10-3-5-13(18)19)14(20)16-9-4-8-15-12-6-7-12/h11-12,15H,3-10H2,1-2H3,(H,16,20)(H,18,19). The molecule has 1 fully saturated rings. The Balaban J connectivity index is 2.15. The highest BCUT2D eigenvalue weighted by atomic mass is 16.4. The van der Waals surface area contributed by atoms with Crippen LogP contribution < -0.4 is 10.6 Å². The van der Waals surface area contributed by atoms with Crippen LogP contribution in [-0.2, 0) is 4.79 Å². The molecule has 0 atom stereocenters. The summed E-state index contributed by atoms with van der Waals surface area (Å²) >= 11 is 0. The first-order valence-electron chi connectivity index (χ1n) is 7.50. The molecule has 20 heavy (non-hydrogen) atoms. The van der Waals surface area contributed by atoms with E-state index in [1.165, 1.54) is 12.8 Å². The topological polar surface area (TPSA) is 81.7 Å². The monoisotopic (exact) mass is 285 g/mol. The van der Waals surface area contributed by atoms with Gasteiger partial charge in [-0.2, -0.15) is 0 Å². The van der Waals surface area contributed by atoms with Gasteiger partial charge in [0.1, 0.15) is 0 Å². The molecule has 6 heteroatoms. The van der Waals surface area contributed by atoms with Crippen molar-refractivity contribution in [3.8, 4) is 0 Å². The Morgan fingerprint density at radius 1 is 1.25 bits per heavy atom. The number of aliphatic carboxylic acids is 1. The second-order valence-corrected chi connectivity index (χ2v) is 5.60. The summed E-state index contributed by atoms with van der Waals surface area (Å²) in [6.07, 6.45) is 4.06. The Bertz CT molecular complexity index is 317. The van der Waals surface area contributed by atoms with Crippen LogP contribution in [0, 0.1) is 0 Å². The highest BCUT2D eigenvalue weighted by molar-refractivity contribution is 5.74. The number of rotatable bonds is 10. The molecule has 6 nitrogen and oxygen atoms in total. The van der Waals surface area contributed by atoms with Crippen molar-refractivity contribution in [1.29, 1.82) is 0 Å². The minimum Gasteiger partial charge on any atom is -0.481 e. The second-order valence-electron chi connectivity index (χ2n) is 5.60. The molecule has 0 unspecified atom stereocenters. The smallest absolute Gasteiger partial charge is 0.317 e. The summed E-state index contributed by atoms with van der Waals surface area (Å²) in [6.45, 7) is 5.95. The third-order valence-electron chi connectivity index (χ3n) is 3.31. The van der Waals surface area contributed by atoms with Gasteiger partial charge < -0.3 is 20.6 Å². The number of carboxylic acids is 1. The van der Waals surface area contributed by atoms with Gasteiger partial charge in [0, 0.05) is 31.6 Å². The van der Waals surface area contributed by atoms with Crippen LogP contribution in [0.1, 0.15) is 46.0 Å². The normalized spacial score (nSPS) is 14.3. The maximum Gasteiger partial charge on any atom is 0.317 e. The summed E-state index contributed by atoms with van der Waals surface area (Å²) in [4.78, 5) is 24.2. The summed E-state index contributed by atoms with van der Waals surface area (Å²) in [5.74, 6) is -0.819. The lowest BCUT2D eigenvalue weighted by Crippen LogP contribution is -2.45. The van der Waals surface area contributed by atoms with Crippen molar-refractivity contribution >= 4 is 12.0 Å². The predicted octanol–water partition coefficient (Wildman–Crippen LogP) is 1.41. The lowest BCUT2D eigenvalue weighted by Gasteiger charge is -2.26. The molecule has 1 rings (SSSR count). The number of carbonyl (C=O) groups excluding carboxylic acids is 1. The van der Waals surface area contributed by atoms with Gasteiger partial charge in [0.25, 0.3) is 0 Å². The third-order valence-corrected chi connectivity index (χ3v) is 3.31. The average molecular weight is 285 g/mol. The van der Waals surface area contributed by atoms with Gasteiger partial charge in [-0.15, -0.1) is 0 Å². The van der Waals surface area contributed by atoms with E-state index in [-0.39, 0.29) is 18.5 Å². The Labute approximate surface area is 120 Å². The Kier molecular flexibility index (Phi) is 7.36. The first-order valence-corrected chi connectivity index (χ1v) is 7.50. The van der Waals surface area contributed by atoms with Crippen LogP contribution in [0.3, 0.4) is 0 Å². The van der Waals surface area contributed by atoms with Gasteiger partial charge in [-0.1, -0.05) is 0 Å². The minimum absolute atomic E-state index is 0.0772. The van der Waals surface area contributed by atoms with Crippen LogP contribution in [0.2, 0.25) is 0 Å². The van der Waals surface area contributed by atoms with Crippen molar-refractivity contribution in [3.05, 3.63) is 0 Å². The fraction of sp³-hybridized carbons (Fsp3) is 0.857. The zero-order valence-corrected chi connectivity index (χ0v) is 12.5. The van der Waals surface area contributed by atoms with E-state index in [1.807, 2.05) is 13.8 Å². The highest BCUT2D eigenvalue weighted by Gasteiger charge is 2.20. The van der Waals surface area contributed by atoms with Crippen molar-refractivity contribution < 1.29 is 14.7 Å². The van der Waals surface area contributed by atoms with E-state index >= 15 is 0 Å². The molecule has 0 aliphatic heterocycles. The quantitative estimate of drug-likeness (QED) is 0.530.